The zero-order valence-electron chi connectivity index (χ0n) is 15.2. The standard InChI is InChI=1S/C20H29NO4/c1-14(12-15-8-6-7-11-18(15)25-2)13-19(22)21-17-10-5-3-4-9-16(17)20(23)24/h6-8,11,14,16-17H,3-5,9-10,12-13H2,1-2H3,(H,21,22)(H,23,24)/t14?,16-,17+/m1/s1. The predicted octanol–water partition coefficient (Wildman–Crippen LogP) is 3.41. The van der Waals surface area contributed by atoms with Gasteiger partial charge >= 0.3 is 5.97 Å². The highest BCUT2D eigenvalue weighted by Gasteiger charge is 2.30. The normalized spacial score (nSPS) is 21.8. The predicted molar refractivity (Wildman–Crippen MR) is 96.6 cm³/mol. The highest BCUT2D eigenvalue weighted by molar-refractivity contribution is 5.78. The van der Waals surface area contributed by atoms with E-state index >= 15 is 0 Å². The number of carbonyl (C=O) groups excluding carboxylic acids is 1. The van der Waals surface area contributed by atoms with Crippen molar-refractivity contribution in [2.24, 2.45) is 11.8 Å². The second-order valence-corrected chi connectivity index (χ2v) is 7.08. The van der Waals surface area contributed by atoms with Crippen LogP contribution in [0.25, 0.3) is 0 Å². The second kappa shape index (κ2) is 9.44. The molecule has 0 aliphatic heterocycles. The number of ether oxygens (including phenoxy) is 1. The number of carbonyl (C=O) groups is 2. The number of rotatable bonds is 7. The molecular weight excluding hydrogens is 318 g/mol. The van der Waals surface area contributed by atoms with Crippen molar-refractivity contribution in [3.63, 3.8) is 0 Å². The number of methoxy groups -OCH3 is 1. The van der Waals surface area contributed by atoms with E-state index in [1.165, 1.54) is 0 Å². The summed E-state index contributed by atoms with van der Waals surface area (Å²) in [5, 5.41) is 12.4. The molecule has 0 saturated heterocycles. The van der Waals surface area contributed by atoms with Gasteiger partial charge in [-0.1, -0.05) is 44.4 Å². The molecule has 5 heteroatoms. The van der Waals surface area contributed by atoms with Gasteiger partial charge in [0.2, 0.25) is 5.91 Å². The Morgan fingerprint density at radius 1 is 1.24 bits per heavy atom. The molecule has 138 valence electrons. The highest BCUT2D eigenvalue weighted by Crippen LogP contribution is 2.25. The lowest BCUT2D eigenvalue weighted by Gasteiger charge is -2.23. The molecule has 1 aliphatic rings. The first-order chi connectivity index (χ1) is 12.0. The Hall–Kier alpha value is -2.04. The van der Waals surface area contributed by atoms with Crippen LogP contribution in [0.15, 0.2) is 24.3 Å². The Kier molecular flexibility index (Phi) is 7.29. The monoisotopic (exact) mass is 347 g/mol. The average Bonchev–Trinajstić information content (AvgIpc) is 2.80. The minimum Gasteiger partial charge on any atom is -0.496 e. The number of aliphatic carboxylic acids is 1. The molecule has 2 N–H and O–H groups in total. The van der Waals surface area contributed by atoms with Crippen LogP contribution in [0.4, 0.5) is 0 Å². The van der Waals surface area contributed by atoms with Gasteiger partial charge in [0.25, 0.3) is 0 Å². The minimum atomic E-state index is -0.797. The number of hydrogen-bond acceptors (Lipinski definition) is 3. The summed E-state index contributed by atoms with van der Waals surface area (Å²) in [6.07, 6.45) is 5.49. The molecule has 2 rings (SSSR count). The third kappa shape index (κ3) is 5.76. The van der Waals surface area contributed by atoms with Crippen LogP contribution in [-0.2, 0) is 16.0 Å². The smallest absolute Gasteiger partial charge is 0.308 e. The molecule has 3 atom stereocenters. The van der Waals surface area contributed by atoms with Crippen molar-refractivity contribution >= 4 is 11.9 Å². The van der Waals surface area contributed by atoms with Crippen LogP contribution in [0.2, 0.25) is 0 Å². The van der Waals surface area contributed by atoms with Gasteiger partial charge in [0.05, 0.1) is 13.0 Å². The molecule has 1 amide bonds. The van der Waals surface area contributed by atoms with Gasteiger partial charge in [-0.2, -0.15) is 0 Å². The number of benzene rings is 1. The minimum absolute atomic E-state index is 0.0550. The van der Waals surface area contributed by atoms with E-state index in [1.54, 1.807) is 7.11 Å². The lowest BCUT2D eigenvalue weighted by molar-refractivity contribution is -0.143. The molecule has 1 saturated carbocycles. The fraction of sp³-hybridized carbons (Fsp3) is 0.600. The molecule has 1 aromatic carbocycles. The molecule has 1 unspecified atom stereocenters. The number of para-hydroxylation sites is 1. The Bertz CT molecular complexity index is 587. The van der Waals surface area contributed by atoms with Gasteiger partial charge in [0, 0.05) is 12.5 Å². The van der Waals surface area contributed by atoms with Gasteiger partial charge in [-0.3, -0.25) is 9.59 Å². The van der Waals surface area contributed by atoms with Crippen LogP contribution in [-0.4, -0.2) is 30.1 Å². The van der Waals surface area contributed by atoms with E-state index in [4.69, 9.17) is 4.74 Å². The first-order valence-corrected chi connectivity index (χ1v) is 9.15. The molecule has 0 radical (unpaired) electrons. The molecule has 0 spiro atoms. The van der Waals surface area contributed by atoms with Gasteiger partial charge in [0.1, 0.15) is 5.75 Å². The zero-order chi connectivity index (χ0) is 18.2. The number of amides is 1. The van der Waals surface area contributed by atoms with Crippen LogP contribution in [0.3, 0.4) is 0 Å². The van der Waals surface area contributed by atoms with Crippen molar-refractivity contribution < 1.29 is 19.4 Å². The van der Waals surface area contributed by atoms with Crippen molar-refractivity contribution in [1.82, 2.24) is 5.32 Å². The fourth-order valence-electron chi connectivity index (χ4n) is 3.68. The number of carboxylic acid groups (broad SMARTS) is 1. The Labute approximate surface area is 149 Å². The summed E-state index contributed by atoms with van der Waals surface area (Å²) in [6, 6.07) is 7.58. The molecule has 0 aromatic heterocycles. The first kappa shape index (κ1) is 19.3. The second-order valence-electron chi connectivity index (χ2n) is 7.08. The number of nitrogens with one attached hydrogen (secondary N) is 1. The maximum atomic E-state index is 12.4. The Morgan fingerprint density at radius 3 is 2.68 bits per heavy atom. The lowest BCUT2D eigenvalue weighted by Crippen LogP contribution is -2.43. The first-order valence-electron chi connectivity index (χ1n) is 9.15. The van der Waals surface area contributed by atoms with Gasteiger partial charge in [-0.05, 0) is 36.8 Å². The largest absolute Gasteiger partial charge is 0.496 e. The topological polar surface area (TPSA) is 75.6 Å². The third-order valence-electron chi connectivity index (χ3n) is 4.97. The molecule has 25 heavy (non-hydrogen) atoms. The van der Waals surface area contributed by atoms with Crippen LogP contribution in [0.5, 0.6) is 5.75 Å². The summed E-state index contributed by atoms with van der Waals surface area (Å²) in [4.78, 5) is 23.9. The van der Waals surface area contributed by atoms with Crippen LogP contribution < -0.4 is 10.1 Å². The van der Waals surface area contributed by atoms with Gasteiger partial charge in [-0.25, -0.2) is 0 Å². The molecular formula is C20H29NO4. The summed E-state index contributed by atoms with van der Waals surface area (Å²) in [5.41, 5.74) is 1.09. The summed E-state index contributed by atoms with van der Waals surface area (Å²) < 4.78 is 5.36. The van der Waals surface area contributed by atoms with E-state index in [2.05, 4.69) is 5.32 Å². The Balaban J connectivity index is 1.90. The van der Waals surface area contributed by atoms with E-state index in [-0.39, 0.29) is 17.9 Å². The van der Waals surface area contributed by atoms with Gasteiger partial charge in [0.15, 0.2) is 0 Å². The summed E-state index contributed by atoms with van der Waals surface area (Å²) in [6.45, 7) is 2.04. The van der Waals surface area contributed by atoms with Gasteiger partial charge < -0.3 is 15.2 Å². The zero-order valence-corrected chi connectivity index (χ0v) is 15.2. The average molecular weight is 347 g/mol. The summed E-state index contributed by atoms with van der Waals surface area (Å²) in [7, 11) is 1.65. The number of hydrogen-bond donors (Lipinski definition) is 2. The Morgan fingerprint density at radius 2 is 1.96 bits per heavy atom. The lowest BCUT2D eigenvalue weighted by atomic mass is 9.93. The number of carboxylic acids is 1. The third-order valence-corrected chi connectivity index (χ3v) is 4.97. The van der Waals surface area contributed by atoms with Crippen molar-refractivity contribution in [2.45, 2.75) is 57.9 Å². The maximum absolute atomic E-state index is 12.4. The van der Waals surface area contributed by atoms with E-state index in [0.717, 1.165) is 43.4 Å². The fourth-order valence-corrected chi connectivity index (χ4v) is 3.68. The van der Waals surface area contributed by atoms with E-state index in [0.29, 0.717) is 12.8 Å². The summed E-state index contributed by atoms with van der Waals surface area (Å²) in [5.74, 6) is -0.319. The molecule has 1 fully saturated rings. The van der Waals surface area contributed by atoms with Gasteiger partial charge in [-0.15, -0.1) is 0 Å². The highest BCUT2D eigenvalue weighted by atomic mass is 16.5. The molecule has 1 aliphatic carbocycles. The molecule has 0 heterocycles. The van der Waals surface area contributed by atoms with E-state index in [1.807, 2.05) is 31.2 Å². The summed E-state index contributed by atoms with van der Waals surface area (Å²) >= 11 is 0. The van der Waals surface area contributed by atoms with E-state index < -0.39 is 11.9 Å². The van der Waals surface area contributed by atoms with Crippen molar-refractivity contribution in [3.05, 3.63) is 29.8 Å². The van der Waals surface area contributed by atoms with Crippen molar-refractivity contribution in [2.75, 3.05) is 7.11 Å². The quantitative estimate of drug-likeness (QED) is 0.741. The van der Waals surface area contributed by atoms with Crippen LogP contribution in [0.1, 0.15) is 51.0 Å². The SMILES string of the molecule is COc1ccccc1CC(C)CC(=O)N[C@H]1CCCCC[C@H]1C(=O)O. The molecule has 5 nitrogen and oxygen atoms in total. The maximum Gasteiger partial charge on any atom is 0.308 e. The molecule has 1 aromatic rings. The van der Waals surface area contributed by atoms with Crippen LogP contribution >= 0.6 is 0 Å². The molecule has 0 bridgehead atoms. The van der Waals surface area contributed by atoms with Crippen molar-refractivity contribution in [3.8, 4) is 5.75 Å². The van der Waals surface area contributed by atoms with Crippen LogP contribution in [0, 0.1) is 11.8 Å². The van der Waals surface area contributed by atoms with Crippen molar-refractivity contribution in [1.29, 1.82) is 0 Å². The van der Waals surface area contributed by atoms with E-state index in [9.17, 15) is 14.7 Å².